The highest BCUT2D eigenvalue weighted by molar-refractivity contribution is 5.71. The summed E-state index contributed by atoms with van der Waals surface area (Å²) in [5, 5.41) is 20.1. The van der Waals surface area contributed by atoms with Gasteiger partial charge in [0.25, 0.3) is 5.69 Å². The Bertz CT molecular complexity index is 461. The van der Waals surface area contributed by atoms with Gasteiger partial charge in [0.15, 0.2) is 0 Å². The monoisotopic (exact) mass is 254 g/mol. The molecule has 7 nitrogen and oxygen atoms in total. The molecule has 1 atom stereocenters. The molecule has 0 fully saturated rings. The summed E-state index contributed by atoms with van der Waals surface area (Å²) in [6, 6.07) is 2.63. The Morgan fingerprint density at radius 2 is 2.28 bits per heavy atom. The van der Waals surface area contributed by atoms with Crippen LogP contribution in [0.15, 0.2) is 18.2 Å². The average Bonchev–Trinajstić information content (AvgIpc) is 2.28. The third-order valence-electron chi connectivity index (χ3n) is 2.30. The summed E-state index contributed by atoms with van der Waals surface area (Å²) in [5.41, 5.74) is 5.59. The second-order valence-corrected chi connectivity index (χ2v) is 3.62. The normalized spacial score (nSPS) is 11.9. The molecule has 1 rings (SSSR count). The summed E-state index contributed by atoms with van der Waals surface area (Å²) >= 11 is 0. The van der Waals surface area contributed by atoms with E-state index < -0.39 is 16.9 Å². The van der Waals surface area contributed by atoms with Crippen LogP contribution in [0.2, 0.25) is 0 Å². The van der Waals surface area contributed by atoms with Crippen molar-refractivity contribution in [3.8, 4) is 5.75 Å². The lowest BCUT2D eigenvalue weighted by Crippen LogP contribution is -2.18. The number of aromatic hydroxyl groups is 1. The maximum absolute atomic E-state index is 11.3. The van der Waals surface area contributed by atoms with Crippen LogP contribution in [0.1, 0.15) is 24.9 Å². The zero-order valence-electron chi connectivity index (χ0n) is 9.83. The quantitative estimate of drug-likeness (QED) is 0.464. The first-order valence-corrected chi connectivity index (χ1v) is 5.34. The van der Waals surface area contributed by atoms with Crippen LogP contribution in [0.3, 0.4) is 0 Å². The van der Waals surface area contributed by atoms with Crippen LogP contribution in [0.25, 0.3) is 0 Å². The lowest BCUT2D eigenvalue weighted by molar-refractivity contribution is -0.385. The number of nitro benzene ring substituents is 1. The smallest absolute Gasteiger partial charge is 0.307 e. The van der Waals surface area contributed by atoms with Crippen molar-refractivity contribution in [3.63, 3.8) is 0 Å². The molecule has 0 radical (unpaired) electrons. The van der Waals surface area contributed by atoms with E-state index in [1.165, 1.54) is 12.1 Å². The van der Waals surface area contributed by atoms with Crippen LogP contribution >= 0.6 is 0 Å². The van der Waals surface area contributed by atoms with Crippen LogP contribution in [0.4, 0.5) is 5.69 Å². The van der Waals surface area contributed by atoms with Gasteiger partial charge < -0.3 is 15.6 Å². The maximum Gasteiger partial charge on any atom is 0.307 e. The van der Waals surface area contributed by atoms with E-state index in [1.54, 1.807) is 6.92 Å². The molecule has 0 saturated carbocycles. The highest BCUT2D eigenvalue weighted by Gasteiger charge is 2.22. The summed E-state index contributed by atoms with van der Waals surface area (Å²) in [6.45, 7) is 1.87. The molecular weight excluding hydrogens is 240 g/mol. The summed E-state index contributed by atoms with van der Waals surface area (Å²) in [5.74, 6) is -0.683. The molecule has 98 valence electrons. The van der Waals surface area contributed by atoms with Gasteiger partial charge in [-0.2, -0.15) is 0 Å². The number of carbonyl (C=O) groups is 1. The molecule has 0 aliphatic carbocycles. The number of phenolic OH excluding ortho intramolecular Hbond substituents is 1. The highest BCUT2D eigenvalue weighted by Crippen LogP contribution is 2.29. The number of nitrogens with zero attached hydrogens (tertiary/aromatic N) is 1. The molecular formula is C11H14N2O5. The van der Waals surface area contributed by atoms with Gasteiger partial charge in [-0.05, 0) is 19.1 Å². The topological polar surface area (TPSA) is 116 Å². The summed E-state index contributed by atoms with van der Waals surface area (Å²) in [4.78, 5) is 21.4. The minimum atomic E-state index is -0.892. The fourth-order valence-electron chi connectivity index (χ4n) is 1.51. The lowest BCUT2D eigenvalue weighted by Gasteiger charge is -2.11. The van der Waals surface area contributed by atoms with Crippen molar-refractivity contribution in [2.75, 3.05) is 6.61 Å². The van der Waals surface area contributed by atoms with Gasteiger partial charge >= 0.3 is 5.97 Å². The average molecular weight is 254 g/mol. The zero-order chi connectivity index (χ0) is 13.7. The molecule has 3 N–H and O–H groups in total. The van der Waals surface area contributed by atoms with Gasteiger partial charge in [0, 0.05) is 12.1 Å². The molecule has 0 aromatic heterocycles. The van der Waals surface area contributed by atoms with Gasteiger partial charge in [-0.25, -0.2) is 0 Å². The first kappa shape index (κ1) is 13.9. The molecule has 18 heavy (non-hydrogen) atoms. The van der Waals surface area contributed by atoms with Crippen molar-refractivity contribution < 1.29 is 19.6 Å². The van der Waals surface area contributed by atoms with Crippen molar-refractivity contribution in [3.05, 3.63) is 33.9 Å². The fraction of sp³-hybridized carbons (Fsp3) is 0.364. The van der Waals surface area contributed by atoms with Gasteiger partial charge in [-0.3, -0.25) is 14.9 Å². The largest absolute Gasteiger partial charge is 0.508 e. The first-order valence-electron chi connectivity index (χ1n) is 5.34. The number of hydrogen-bond donors (Lipinski definition) is 2. The Labute approximate surface area is 103 Å². The van der Waals surface area contributed by atoms with E-state index in [-0.39, 0.29) is 30.0 Å². The Morgan fingerprint density at radius 3 is 2.83 bits per heavy atom. The lowest BCUT2D eigenvalue weighted by atomic mass is 10.0. The van der Waals surface area contributed by atoms with E-state index >= 15 is 0 Å². The van der Waals surface area contributed by atoms with Crippen LogP contribution in [-0.2, 0) is 9.53 Å². The van der Waals surface area contributed by atoms with Crippen molar-refractivity contribution in [2.45, 2.75) is 19.4 Å². The molecule has 0 bridgehead atoms. The second-order valence-electron chi connectivity index (χ2n) is 3.62. The van der Waals surface area contributed by atoms with Crippen molar-refractivity contribution in [1.82, 2.24) is 0 Å². The Kier molecular flexibility index (Phi) is 4.61. The summed E-state index contributed by atoms with van der Waals surface area (Å²) in [6.07, 6.45) is -0.182. The van der Waals surface area contributed by atoms with Crippen LogP contribution in [-0.4, -0.2) is 22.6 Å². The second kappa shape index (κ2) is 5.97. The Hall–Kier alpha value is -2.15. The number of esters is 1. The molecule has 1 aromatic rings. The number of benzene rings is 1. The predicted molar refractivity (Wildman–Crippen MR) is 62.9 cm³/mol. The van der Waals surface area contributed by atoms with E-state index in [1.807, 2.05) is 0 Å². The molecule has 0 saturated heterocycles. The van der Waals surface area contributed by atoms with Crippen LogP contribution < -0.4 is 5.73 Å². The van der Waals surface area contributed by atoms with Gasteiger partial charge in [-0.15, -0.1) is 0 Å². The van der Waals surface area contributed by atoms with Gasteiger partial charge in [0.05, 0.1) is 23.5 Å². The number of ether oxygens (including phenoxy) is 1. The van der Waals surface area contributed by atoms with E-state index in [0.717, 1.165) is 6.07 Å². The van der Waals surface area contributed by atoms with Gasteiger partial charge in [0.2, 0.25) is 0 Å². The number of hydrogen-bond acceptors (Lipinski definition) is 6. The van der Waals surface area contributed by atoms with E-state index in [9.17, 15) is 20.0 Å². The number of phenols is 1. The fourth-order valence-corrected chi connectivity index (χ4v) is 1.51. The third kappa shape index (κ3) is 3.42. The minimum Gasteiger partial charge on any atom is -0.508 e. The summed E-state index contributed by atoms with van der Waals surface area (Å²) < 4.78 is 4.71. The predicted octanol–water partition coefficient (Wildman–Crippen LogP) is 1.25. The summed E-state index contributed by atoms with van der Waals surface area (Å²) in [7, 11) is 0. The molecule has 0 aliphatic heterocycles. The number of rotatable bonds is 5. The van der Waals surface area contributed by atoms with Crippen LogP contribution in [0.5, 0.6) is 5.75 Å². The number of nitro groups is 1. The van der Waals surface area contributed by atoms with Gasteiger partial charge in [0.1, 0.15) is 5.75 Å². The van der Waals surface area contributed by atoms with Gasteiger partial charge in [-0.1, -0.05) is 0 Å². The SMILES string of the molecule is CCOC(=O)C[C@H](N)c1cc(O)ccc1[N+](=O)[O-]. The Balaban J connectivity index is 2.96. The van der Waals surface area contributed by atoms with Crippen molar-refractivity contribution in [2.24, 2.45) is 5.73 Å². The standard InChI is InChI=1S/C11H14N2O5/c1-2-18-11(15)6-9(12)8-5-7(14)3-4-10(8)13(16)17/h3-5,9,14H,2,6,12H2,1H3/t9-/m0/s1. The highest BCUT2D eigenvalue weighted by atomic mass is 16.6. The number of carbonyl (C=O) groups excluding carboxylic acids is 1. The molecule has 0 unspecified atom stereocenters. The van der Waals surface area contributed by atoms with Crippen molar-refractivity contribution >= 4 is 11.7 Å². The van der Waals surface area contributed by atoms with E-state index in [2.05, 4.69) is 0 Å². The Morgan fingerprint density at radius 1 is 1.61 bits per heavy atom. The first-order chi connectivity index (χ1) is 8.45. The van der Waals surface area contributed by atoms with Crippen molar-refractivity contribution in [1.29, 1.82) is 0 Å². The molecule has 0 amide bonds. The van der Waals surface area contributed by atoms with E-state index in [0.29, 0.717) is 0 Å². The maximum atomic E-state index is 11.3. The minimum absolute atomic E-state index is 0.105. The third-order valence-corrected chi connectivity index (χ3v) is 2.30. The molecule has 0 spiro atoms. The molecule has 0 aliphatic rings. The molecule has 1 aromatic carbocycles. The molecule has 7 heteroatoms. The number of nitrogens with two attached hydrogens (primary N) is 1. The molecule has 0 heterocycles. The van der Waals surface area contributed by atoms with E-state index in [4.69, 9.17) is 10.5 Å². The zero-order valence-corrected chi connectivity index (χ0v) is 9.83. The van der Waals surface area contributed by atoms with Crippen LogP contribution in [0, 0.1) is 10.1 Å².